The minimum Gasteiger partial charge on any atom is -0.442 e. The summed E-state index contributed by atoms with van der Waals surface area (Å²) in [5, 5.41) is 8.92. The van der Waals surface area contributed by atoms with Crippen LogP contribution in [0.2, 0.25) is 5.15 Å². The molecule has 126 valence electrons. The Kier molecular flexibility index (Phi) is 3.83. The highest BCUT2D eigenvalue weighted by molar-refractivity contribution is 6.30. The molecule has 0 atom stereocenters. The Bertz CT molecular complexity index is 936. The molecule has 0 amide bonds. The van der Waals surface area contributed by atoms with Crippen molar-refractivity contribution in [2.75, 3.05) is 0 Å². The topological polar surface area (TPSA) is 74.8 Å². The SMILES string of the molecule is Cc1cc2c(nc1Cl)c(-c1cnn(C)c1)nn2C(=O)OC(C)(C)C. The molecule has 24 heavy (non-hydrogen) atoms. The van der Waals surface area contributed by atoms with Gasteiger partial charge >= 0.3 is 6.09 Å². The molecule has 0 spiro atoms. The predicted molar refractivity (Wildman–Crippen MR) is 91.1 cm³/mol. The van der Waals surface area contributed by atoms with Crippen molar-refractivity contribution in [1.29, 1.82) is 0 Å². The highest BCUT2D eigenvalue weighted by atomic mass is 35.5. The monoisotopic (exact) mass is 347 g/mol. The Labute approximate surface area is 144 Å². The maximum atomic E-state index is 12.5. The number of carbonyl (C=O) groups excluding carboxylic acids is 1. The Morgan fingerprint density at radius 1 is 1.33 bits per heavy atom. The van der Waals surface area contributed by atoms with Crippen molar-refractivity contribution in [3.63, 3.8) is 0 Å². The van der Waals surface area contributed by atoms with Gasteiger partial charge in [0.25, 0.3) is 0 Å². The van der Waals surface area contributed by atoms with Crippen LogP contribution in [0, 0.1) is 6.92 Å². The van der Waals surface area contributed by atoms with Crippen molar-refractivity contribution >= 4 is 28.7 Å². The third kappa shape index (κ3) is 2.99. The fourth-order valence-corrected chi connectivity index (χ4v) is 2.43. The predicted octanol–water partition coefficient (Wildman–Crippen LogP) is 3.58. The van der Waals surface area contributed by atoms with Crippen LogP contribution < -0.4 is 0 Å². The van der Waals surface area contributed by atoms with E-state index in [0.29, 0.717) is 21.9 Å². The average Bonchev–Trinajstić information content (AvgIpc) is 3.01. The van der Waals surface area contributed by atoms with Gasteiger partial charge in [-0.15, -0.1) is 0 Å². The molecule has 0 aliphatic rings. The van der Waals surface area contributed by atoms with Crippen LogP contribution in [0.1, 0.15) is 26.3 Å². The summed E-state index contributed by atoms with van der Waals surface area (Å²) in [6.07, 6.45) is 2.90. The van der Waals surface area contributed by atoms with Crippen LogP contribution in [0.4, 0.5) is 4.79 Å². The highest BCUT2D eigenvalue weighted by Crippen LogP contribution is 2.29. The van der Waals surface area contributed by atoms with Crippen molar-refractivity contribution in [2.24, 2.45) is 7.05 Å². The van der Waals surface area contributed by atoms with Gasteiger partial charge in [-0.1, -0.05) is 11.6 Å². The number of aryl methyl sites for hydroxylation is 2. The number of rotatable bonds is 1. The second kappa shape index (κ2) is 5.59. The Morgan fingerprint density at radius 3 is 2.62 bits per heavy atom. The zero-order chi connectivity index (χ0) is 17.6. The quantitative estimate of drug-likeness (QED) is 0.629. The maximum Gasteiger partial charge on any atom is 0.435 e. The van der Waals surface area contributed by atoms with Gasteiger partial charge < -0.3 is 4.74 Å². The van der Waals surface area contributed by atoms with Gasteiger partial charge in [0.05, 0.1) is 6.20 Å². The molecule has 3 rings (SSSR count). The van der Waals surface area contributed by atoms with Gasteiger partial charge in [-0.25, -0.2) is 9.78 Å². The molecule has 3 aromatic heterocycles. The molecule has 0 bridgehead atoms. The minimum absolute atomic E-state index is 0.372. The number of hydrogen-bond acceptors (Lipinski definition) is 5. The van der Waals surface area contributed by atoms with Crippen LogP contribution in [0.3, 0.4) is 0 Å². The van der Waals surface area contributed by atoms with Crippen LogP contribution in [-0.2, 0) is 11.8 Å². The summed E-state index contributed by atoms with van der Waals surface area (Å²) in [5.41, 5.74) is 2.49. The van der Waals surface area contributed by atoms with E-state index in [4.69, 9.17) is 16.3 Å². The number of carbonyl (C=O) groups is 1. The lowest BCUT2D eigenvalue weighted by Gasteiger charge is -2.19. The van der Waals surface area contributed by atoms with E-state index >= 15 is 0 Å². The molecular weight excluding hydrogens is 330 g/mol. The van der Waals surface area contributed by atoms with E-state index in [0.717, 1.165) is 11.1 Å². The van der Waals surface area contributed by atoms with E-state index in [1.54, 1.807) is 51.0 Å². The summed E-state index contributed by atoms with van der Waals surface area (Å²) in [5.74, 6) is 0. The molecule has 0 aliphatic heterocycles. The largest absolute Gasteiger partial charge is 0.442 e. The van der Waals surface area contributed by atoms with E-state index in [1.807, 2.05) is 6.92 Å². The number of halogens is 1. The number of hydrogen-bond donors (Lipinski definition) is 0. The van der Waals surface area contributed by atoms with E-state index in [9.17, 15) is 4.79 Å². The number of fused-ring (bicyclic) bond motifs is 1. The fourth-order valence-electron chi connectivity index (χ4n) is 2.30. The molecule has 0 saturated heterocycles. The molecule has 0 fully saturated rings. The van der Waals surface area contributed by atoms with Crippen molar-refractivity contribution in [3.05, 3.63) is 29.2 Å². The van der Waals surface area contributed by atoms with Gasteiger partial charge in [-0.2, -0.15) is 14.9 Å². The van der Waals surface area contributed by atoms with E-state index in [2.05, 4.69) is 15.2 Å². The molecular formula is C16H18ClN5O2. The Hall–Kier alpha value is -2.41. The van der Waals surface area contributed by atoms with Gasteiger partial charge in [0, 0.05) is 18.8 Å². The molecule has 0 aliphatic carbocycles. The van der Waals surface area contributed by atoms with Gasteiger partial charge in [0.15, 0.2) is 0 Å². The molecule has 0 aromatic carbocycles. The third-order valence-electron chi connectivity index (χ3n) is 3.33. The second-order valence-electron chi connectivity index (χ2n) is 6.61. The molecule has 3 aromatic rings. The van der Waals surface area contributed by atoms with E-state index in [-0.39, 0.29) is 0 Å². The van der Waals surface area contributed by atoms with Crippen LogP contribution in [0.25, 0.3) is 22.3 Å². The van der Waals surface area contributed by atoms with Crippen LogP contribution in [-0.4, -0.2) is 36.2 Å². The van der Waals surface area contributed by atoms with Crippen molar-refractivity contribution < 1.29 is 9.53 Å². The molecule has 3 heterocycles. The summed E-state index contributed by atoms with van der Waals surface area (Å²) in [7, 11) is 1.81. The normalized spacial score (nSPS) is 11.9. The standard InChI is InChI=1S/C16H18ClN5O2/c1-9-6-11-13(19-14(9)17)12(10-7-18-21(5)8-10)20-22(11)15(23)24-16(2,3)4/h6-8H,1-5H3. The first-order chi connectivity index (χ1) is 11.2. The maximum absolute atomic E-state index is 12.5. The summed E-state index contributed by atoms with van der Waals surface area (Å²) >= 11 is 6.16. The summed E-state index contributed by atoms with van der Waals surface area (Å²) < 4.78 is 8.31. The number of ether oxygens (including phenoxy) is 1. The summed E-state index contributed by atoms with van der Waals surface area (Å²) in [4.78, 5) is 16.9. The average molecular weight is 348 g/mol. The molecule has 7 nitrogen and oxygen atoms in total. The first kappa shape index (κ1) is 16.4. The van der Waals surface area contributed by atoms with Crippen molar-refractivity contribution in [1.82, 2.24) is 24.5 Å². The lowest BCUT2D eigenvalue weighted by molar-refractivity contribution is 0.0523. The highest BCUT2D eigenvalue weighted by Gasteiger charge is 2.24. The number of nitrogens with zero attached hydrogens (tertiary/aromatic N) is 5. The van der Waals surface area contributed by atoms with Gasteiger partial charge in [-0.3, -0.25) is 4.68 Å². The zero-order valence-electron chi connectivity index (χ0n) is 14.2. The second-order valence-corrected chi connectivity index (χ2v) is 6.97. The first-order valence-corrected chi connectivity index (χ1v) is 7.82. The zero-order valence-corrected chi connectivity index (χ0v) is 14.9. The van der Waals surface area contributed by atoms with Crippen LogP contribution in [0.5, 0.6) is 0 Å². The first-order valence-electron chi connectivity index (χ1n) is 7.44. The Morgan fingerprint density at radius 2 is 2.04 bits per heavy atom. The number of pyridine rings is 1. The van der Waals surface area contributed by atoms with Crippen LogP contribution >= 0.6 is 11.6 Å². The molecule has 0 unspecified atom stereocenters. The van der Waals surface area contributed by atoms with Crippen molar-refractivity contribution in [2.45, 2.75) is 33.3 Å². The molecule has 0 radical (unpaired) electrons. The van der Waals surface area contributed by atoms with E-state index in [1.165, 1.54) is 4.68 Å². The summed E-state index contributed by atoms with van der Waals surface area (Å²) in [6, 6.07) is 1.78. The molecule has 0 N–H and O–H groups in total. The van der Waals surface area contributed by atoms with Crippen molar-refractivity contribution in [3.8, 4) is 11.3 Å². The van der Waals surface area contributed by atoms with E-state index < -0.39 is 11.7 Å². The van der Waals surface area contributed by atoms with Gasteiger partial charge in [0.2, 0.25) is 0 Å². The van der Waals surface area contributed by atoms with Gasteiger partial charge in [-0.05, 0) is 39.3 Å². The summed E-state index contributed by atoms with van der Waals surface area (Å²) in [6.45, 7) is 7.24. The molecule has 0 saturated carbocycles. The smallest absolute Gasteiger partial charge is 0.435 e. The molecule has 8 heteroatoms. The lowest BCUT2D eigenvalue weighted by atomic mass is 10.2. The lowest BCUT2D eigenvalue weighted by Crippen LogP contribution is -2.27. The fraction of sp³-hybridized carbons (Fsp3) is 0.375. The minimum atomic E-state index is -0.626. The third-order valence-corrected chi connectivity index (χ3v) is 3.71. The van der Waals surface area contributed by atoms with Gasteiger partial charge in [0.1, 0.15) is 27.5 Å². The number of aromatic nitrogens is 5. The van der Waals surface area contributed by atoms with Crippen LogP contribution in [0.15, 0.2) is 18.5 Å². The Balaban J connectivity index is 2.23.